The van der Waals surface area contributed by atoms with E-state index in [0.717, 1.165) is 34.8 Å². The molecule has 0 aliphatic heterocycles. The molecule has 0 fully saturated rings. The number of hydrogen-bond acceptors (Lipinski definition) is 4. The maximum absolute atomic E-state index is 13.6. The monoisotopic (exact) mass is 670 g/mol. The van der Waals surface area contributed by atoms with Gasteiger partial charge in [0.25, 0.3) is 15.9 Å². The molecule has 0 radical (unpaired) electrons. The summed E-state index contributed by atoms with van der Waals surface area (Å²) >= 11 is 17.9. The van der Waals surface area contributed by atoms with E-state index in [1.165, 1.54) is 30.5 Å². The Morgan fingerprint density at radius 1 is 0.930 bits per heavy atom. The van der Waals surface area contributed by atoms with E-state index in [2.05, 4.69) is 10.5 Å². The van der Waals surface area contributed by atoms with Crippen LogP contribution in [0.4, 0.5) is 18.9 Å². The molecule has 0 saturated carbocycles. The van der Waals surface area contributed by atoms with Gasteiger partial charge in [-0.15, -0.1) is 0 Å². The van der Waals surface area contributed by atoms with E-state index in [1.54, 1.807) is 25.1 Å². The summed E-state index contributed by atoms with van der Waals surface area (Å²) in [5.74, 6) is -0.895. The van der Waals surface area contributed by atoms with Crippen LogP contribution in [0.2, 0.25) is 15.1 Å². The van der Waals surface area contributed by atoms with Crippen LogP contribution in [-0.2, 0) is 21.0 Å². The number of carbonyl (C=O) groups is 1. The smallest absolute Gasteiger partial charge is 0.318 e. The van der Waals surface area contributed by atoms with Crippen LogP contribution < -0.4 is 9.73 Å². The predicted molar refractivity (Wildman–Crippen MR) is 163 cm³/mol. The fourth-order valence-corrected chi connectivity index (χ4v) is 6.25. The molecule has 0 atom stereocenters. The molecule has 14 heteroatoms. The second-order valence-electron chi connectivity index (χ2n) is 9.54. The summed E-state index contributed by atoms with van der Waals surface area (Å²) in [4.78, 5) is 12.7. The summed E-state index contributed by atoms with van der Waals surface area (Å²) in [6, 6.07) is 15.3. The van der Waals surface area contributed by atoms with Crippen molar-refractivity contribution in [1.82, 2.24) is 9.99 Å². The molecule has 4 rings (SSSR count). The number of benzene rings is 3. The lowest BCUT2D eigenvalue weighted by Crippen LogP contribution is -2.39. The van der Waals surface area contributed by atoms with Gasteiger partial charge in [0.15, 0.2) is 0 Å². The average Bonchev–Trinajstić information content (AvgIpc) is 3.21. The summed E-state index contributed by atoms with van der Waals surface area (Å²) in [5.41, 5.74) is 4.37. The van der Waals surface area contributed by atoms with Crippen LogP contribution in [-0.4, -0.2) is 31.7 Å². The highest BCUT2D eigenvalue weighted by Crippen LogP contribution is 2.38. The third kappa shape index (κ3) is 7.18. The molecule has 0 saturated heterocycles. The highest BCUT2D eigenvalue weighted by Gasteiger charge is 2.35. The van der Waals surface area contributed by atoms with Crippen LogP contribution in [0.25, 0.3) is 5.69 Å². The SMILES string of the molecule is Cc1ccc(S(=O)(=O)N(CC(=O)N/N=C\c2cc(C)n(-c3ccc(Cl)c(Cl)c3)c2C)c2ccc(Cl)c(C(F)(F)F)c2)cc1. The van der Waals surface area contributed by atoms with E-state index in [0.29, 0.717) is 26.0 Å². The molecule has 226 valence electrons. The summed E-state index contributed by atoms with van der Waals surface area (Å²) in [6.45, 7) is 4.57. The number of amides is 1. The number of halogens is 6. The molecule has 4 aromatic rings. The van der Waals surface area contributed by atoms with Gasteiger partial charge < -0.3 is 4.57 Å². The molecule has 43 heavy (non-hydrogen) atoms. The first-order valence-electron chi connectivity index (χ1n) is 12.5. The minimum atomic E-state index is -4.86. The Labute approximate surface area is 261 Å². The molecule has 0 spiro atoms. The maximum Gasteiger partial charge on any atom is 0.417 e. The molecular weight excluding hydrogens is 648 g/mol. The Morgan fingerprint density at radius 3 is 2.21 bits per heavy atom. The number of hydrazone groups is 1. The molecule has 1 amide bonds. The Kier molecular flexibility index (Phi) is 9.51. The fraction of sp³-hybridized carbons (Fsp3) is 0.172. The molecule has 3 aromatic carbocycles. The van der Waals surface area contributed by atoms with Gasteiger partial charge in [-0.2, -0.15) is 18.3 Å². The van der Waals surface area contributed by atoms with Gasteiger partial charge in [-0.05, 0) is 75.4 Å². The van der Waals surface area contributed by atoms with Crippen molar-refractivity contribution < 1.29 is 26.4 Å². The second kappa shape index (κ2) is 12.6. The lowest BCUT2D eigenvalue weighted by Gasteiger charge is -2.25. The van der Waals surface area contributed by atoms with Gasteiger partial charge in [0.1, 0.15) is 6.54 Å². The van der Waals surface area contributed by atoms with Gasteiger partial charge in [0.05, 0.1) is 37.4 Å². The first kappa shape index (κ1) is 32.4. The number of hydrogen-bond donors (Lipinski definition) is 1. The highest BCUT2D eigenvalue weighted by molar-refractivity contribution is 7.92. The summed E-state index contributed by atoms with van der Waals surface area (Å²) in [5, 5.41) is 4.13. The van der Waals surface area contributed by atoms with Crippen molar-refractivity contribution in [2.24, 2.45) is 5.10 Å². The number of aromatic nitrogens is 1. The number of rotatable bonds is 8. The minimum absolute atomic E-state index is 0.215. The zero-order valence-corrected chi connectivity index (χ0v) is 26.0. The standard InChI is InChI=1S/C29H24Cl3F3N4O3S/c1-17-4-8-23(9-5-17)43(41,42)38(21-6-10-25(30)24(13-21)29(33,34)35)16-28(40)37-36-15-20-12-18(2)39(19(20)3)22-7-11-26(31)27(32)14-22/h4-15H,16H2,1-3H3,(H,37,40)/b36-15-. The van der Waals surface area contributed by atoms with Crippen LogP contribution in [0.3, 0.4) is 0 Å². The summed E-state index contributed by atoms with van der Waals surface area (Å²) < 4.78 is 70.4. The number of anilines is 1. The Balaban J connectivity index is 1.62. The van der Waals surface area contributed by atoms with Crippen molar-refractivity contribution in [3.63, 3.8) is 0 Å². The lowest BCUT2D eigenvalue weighted by molar-refractivity contribution is -0.137. The Hall–Kier alpha value is -3.51. The molecule has 1 heterocycles. The third-order valence-electron chi connectivity index (χ3n) is 6.46. The van der Waals surface area contributed by atoms with Gasteiger partial charge in [0.2, 0.25) is 0 Å². The molecule has 1 aromatic heterocycles. The van der Waals surface area contributed by atoms with E-state index in [-0.39, 0.29) is 4.90 Å². The zero-order valence-electron chi connectivity index (χ0n) is 22.9. The number of carbonyl (C=O) groups excluding carboxylic acids is 1. The first-order chi connectivity index (χ1) is 20.1. The molecule has 0 aliphatic rings. The first-order valence-corrected chi connectivity index (χ1v) is 15.1. The predicted octanol–water partition coefficient (Wildman–Crippen LogP) is 7.73. The van der Waals surface area contributed by atoms with Crippen LogP contribution in [0.5, 0.6) is 0 Å². The van der Waals surface area contributed by atoms with Gasteiger partial charge in [-0.25, -0.2) is 13.8 Å². The van der Waals surface area contributed by atoms with Crippen molar-refractivity contribution >= 4 is 62.6 Å². The summed E-state index contributed by atoms with van der Waals surface area (Å²) in [6.07, 6.45) is -3.49. The molecule has 0 bridgehead atoms. The van der Waals surface area contributed by atoms with Crippen molar-refractivity contribution in [3.8, 4) is 5.69 Å². The van der Waals surface area contributed by atoms with Crippen molar-refractivity contribution in [2.75, 3.05) is 10.8 Å². The van der Waals surface area contributed by atoms with Gasteiger partial charge >= 0.3 is 6.18 Å². The van der Waals surface area contributed by atoms with E-state index >= 15 is 0 Å². The normalized spacial score (nSPS) is 12.1. The second-order valence-corrected chi connectivity index (χ2v) is 12.6. The van der Waals surface area contributed by atoms with Crippen LogP contribution in [0.15, 0.2) is 76.7 Å². The topological polar surface area (TPSA) is 83.8 Å². The van der Waals surface area contributed by atoms with Crippen LogP contribution in [0.1, 0.15) is 28.1 Å². The number of nitrogens with one attached hydrogen (secondary N) is 1. The number of sulfonamides is 1. The van der Waals surface area contributed by atoms with Gasteiger partial charge in [0, 0.05) is 22.6 Å². The van der Waals surface area contributed by atoms with Crippen LogP contribution >= 0.6 is 34.8 Å². The van der Waals surface area contributed by atoms with Crippen molar-refractivity contribution in [1.29, 1.82) is 0 Å². The molecule has 0 unspecified atom stereocenters. The lowest BCUT2D eigenvalue weighted by atomic mass is 10.2. The van der Waals surface area contributed by atoms with E-state index in [1.807, 2.05) is 24.5 Å². The zero-order chi connectivity index (χ0) is 31.7. The Morgan fingerprint density at radius 2 is 1.58 bits per heavy atom. The van der Waals surface area contributed by atoms with Gasteiger partial charge in [-0.1, -0.05) is 52.5 Å². The number of aryl methyl sites for hydroxylation is 2. The number of alkyl halides is 3. The van der Waals surface area contributed by atoms with Gasteiger partial charge in [-0.3, -0.25) is 9.10 Å². The van der Waals surface area contributed by atoms with Crippen LogP contribution in [0, 0.1) is 20.8 Å². The fourth-order valence-electron chi connectivity index (χ4n) is 4.32. The highest BCUT2D eigenvalue weighted by atomic mass is 35.5. The quantitative estimate of drug-likeness (QED) is 0.154. The molecule has 0 aliphatic carbocycles. The molecular formula is C29H24Cl3F3N4O3S. The van der Waals surface area contributed by atoms with Crippen molar-refractivity contribution in [3.05, 3.63) is 110 Å². The van der Waals surface area contributed by atoms with E-state index in [4.69, 9.17) is 34.8 Å². The number of nitrogens with zero attached hydrogens (tertiary/aromatic N) is 3. The molecule has 7 nitrogen and oxygen atoms in total. The Bertz CT molecular complexity index is 1820. The van der Waals surface area contributed by atoms with E-state index in [9.17, 15) is 26.4 Å². The third-order valence-corrected chi connectivity index (χ3v) is 9.32. The minimum Gasteiger partial charge on any atom is -0.318 e. The molecule has 1 N–H and O–H groups in total. The van der Waals surface area contributed by atoms with Crippen molar-refractivity contribution in [2.45, 2.75) is 31.8 Å². The average molecular weight is 672 g/mol. The maximum atomic E-state index is 13.6. The summed E-state index contributed by atoms with van der Waals surface area (Å²) in [7, 11) is -4.48. The van der Waals surface area contributed by atoms with E-state index < -0.39 is 44.9 Å². The largest absolute Gasteiger partial charge is 0.417 e.